The summed E-state index contributed by atoms with van der Waals surface area (Å²) in [7, 11) is 1.68. The fourth-order valence-electron chi connectivity index (χ4n) is 2.05. The number of ether oxygens (including phenoxy) is 1. The minimum atomic E-state index is -0.237. The van der Waals surface area contributed by atoms with Gasteiger partial charge in [0.15, 0.2) is 0 Å². The maximum absolute atomic E-state index is 13.3. The molecule has 0 atom stereocenters. The molecule has 1 N–H and O–H groups in total. The second-order valence-electron chi connectivity index (χ2n) is 4.84. The van der Waals surface area contributed by atoms with Gasteiger partial charge in [-0.05, 0) is 30.7 Å². The average Bonchev–Trinajstić information content (AvgIpc) is 2.79. The van der Waals surface area contributed by atoms with Gasteiger partial charge < -0.3 is 10.1 Å². The number of hydrogen-bond donors (Lipinski definition) is 1. The van der Waals surface area contributed by atoms with E-state index in [0.717, 1.165) is 34.4 Å². The van der Waals surface area contributed by atoms with Crippen molar-refractivity contribution < 1.29 is 9.13 Å². The number of benzene rings is 1. The molecule has 0 aliphatic carbocycles. The quantitative estimate of drug-likeness (QED) is 0.776. The first-order chi connectivity index (χ1) is 10.1. The summed E-state index contributed by atoms with van der Waals surface area (Å²) in [6.07, 6.45) is 1.99. The van der Waals surface area contributed by atoms with Crippen LogP contribution in [-0.2, 0) is 17.8 Å². The molecule has 0 radical (unpaired) electrons. The summed E-state index contributed by atoms with van der Waals surface area (Å²) in [6, 6.07) is 4.68. The molecule has 1 aromatic heterocycles. The maximum atomic E-state index is 13.3. The topological polar surface area (TPSA) is 39.1 Å². The summed E-state index contributed by atoms with van der Waals surface area (Å²) in [6.45, 7) is 4.75. The van der Waals surface area contributed by atoms with E-state index in [1.54, 1.807) is 13.2 Å². The SMILES string of the molecule is COCCNCc1cn(Cc2cc(F)ccc2Br)nc1C. The third-order valence-electron chi connectivity index (χ3n) is 3.19. The van der Waals surface area contributed by atoms with Crippen LogP contribution < -0.4 is 5.32 Å². The molecule has 6 heteroatoms. The van der Waals surface area contributed by atoms with Crippen molar-refractivity contribution in [2.75, 3.05) is 20.3 Å². The number of nitrogens with zero attached hydrogens (tertiary/aromatic N) is 2. The van der Waals surface area contributed by atoms with Gasteiger partial charge in [-0.1, -0.05) is 15.9 Å². The minimum Gasteiger partial charge on any atom is -0.383 e. The van der Waals surface area contributed by atoms with Crippen molar-refractivity contribution in [3.63, 3.8) is 0 Å². The molecule has 0 saturated carbocycles. The number of nitrogens with one attached hydrogen (secondary N) is 1. The zero-order valence-electron chi connectivity index (χ0n) is 12.2. The van der Waals surface area contributed by atoms with Crippen molar-refractivity contribution in [2.45, 2.75) is 20.0 Å². The summed E-state index contributed by atoms with van der Waals surface area (Å²) in [5, 5.41) is 7.77. The molecule has 114 valence electrons. The van der Waals surface area contributed by atoms with Crippen molar-refractivity contribution in [1.82, 2.24) is 15.1 Å². The zero-order valence-corrected chi connectivity index (χ0v) is 13.8. The number of halogens is 2. The number of methoxy groups -OCH3 is 1. The summed E-state index contributed by atoms with van der Waals surface area (Å²) in [4.78, 5) is 0. The number of aryl methyl sites for hydroxylation is 1. The third kappa shape index (κ3) is 4.62. The Balaban J connectivity index is 2.02. The Morgan fingerprint density at radius 1 is 1.38 bits per heavy atom. The first-order valence-electron chi connectivity index (χ1n) is 6.76. The number of hydrogen-bond acceptors (Lipinski definition) is 3. The van der Waals surface area contributed by atoms with E-state index in [-0.39, 0.29) is 5.82 Å². The van der Waals surface area contributed by atoms with E-state index in [1.807, 2.05) is 17.8 Å². The van der Waals surface area contributed by atoms with Gasteiger partial charge in [0.05, 0.1) is 18.8 Å². The molecule has 0 aliphatic heterocycles. The van der Waals surface area contributed by atoms with E-state index in [0.29, 0.717) is 13.2 Å². The van der Waals surface area contributed by atoms with E-state index in [9.17, 15) is 4.39 Å². The van der Waals surface area contributed by atoms with Crippen LogP contribution in [0.5, 0.6) is 0 Å². The summed E-state index contributed by atoms with van der Waals surface area (Å²) >= 11 is 3.44. The maximum Gasteiger partial charge on any atom is 0.123 e. The van der Waals surface area contributed by atoms with Crippen molar-refractivity contribution in [3.05, 3.63) is 51.5 Å². The molecule has 1 heterocycles. The molecule has 1 aromatic carbocycles. The molecule has 0 fully saturated rings. The first kappa shape index (κ1) is 16.1. The molecular weight excluding hydrogens is 337 g/mol. The molecule has 0 aliphatic rings. The Labute approximate surface area is 132 Å². The van der Waals surface area contributed by atoms with E-state index in [4.69, 9.17) is 4.74 Å². The Bertz CT molecular complexity index is 601. The Morgan fingerprint density at radius 3 is 2.95 bits per heavy atom. The van der Waals surface area contributed by atoms with Crippen LogP contribution in [0.15, 0.2) is 28.9 Å². The fraction of sp³-hybridized carbons (Fsp3) is 0.400. The van der Waals surface area contributed by atoms with Gasteiger partial charge in [-0.2, -0.15) is 5.10 Å². The van der Waals surface area contributed by atoms with Crippen molar-refractivity contribution in [3.8, 4) is 0 Å². The molecule has 2 rings (SSSR count). The molecule has 0 saturated heterocycles. The van der Waals surface area contributed by atoms with E-state index in [2.05, 4.69) is 26.3 Å². The van der Waals surface area contributed by atoms with Gasteiger partial charge in [0.25, 0.3) is 0 Å². The molecule has 2 aromatic rings. The lowest BCUT2D eigenvalue weighted by atomic mass is 10.2. The van der Waals surface area contributed by atoms with Crippen LogP contribution in [0.1, 0.15) is 16.8 Å². The Morgan fingerprint density at radius 2 is 2.19 bits per heavy atom. The smallest absolute Gasteiger partial charge is 0.123 e. The lowest BCUT2D eigenvalue weighted by Crippen LogP contribution is -2.18. The van der Waals surface area contributed by atoms with Gasteiger partial charge in [0.2, 0.25) is 0 Å². The molecule has 0 spiro atoms. The summed E-state index contributed by atoms with van der Waals surface area (Å²) in [5.41, 5.74) is 2.99. The minimum absolute atomic E-state index is 0.237. The van der Waals surface area contributed by atoms with E-state index >= 15 is 0 Å². The highest BCUT2D eigenvalue weighted by Crippen LogP contribution is 2.19. The molecule has 0 unspecified atom stereocenters. The van der Waals surface area contributed by atoms with E-state index < -0.39 is 0 Å². The normalized spacial score (nSPS) is 11.0. The van der Waals surface area contributed by atoms with Gasteiger partial charge in [0.1, 0.15) is 5.82 Å². The van der Waals surface area contributed by atoms with Crippen LogP contribution in [0.4, 0.5) is 4.39 Å². The lowest BCUT2D eigenvalue weighted by molar-refractivity contribution is 0.199. The van der Waals surface area contributed by atoms with Gasteiger partial charge in [-0.3, -0.25) is 4.68 Å². The van der Waals surface area contributed by atoms with Gasteiger partial charge >= 0.3 is 0 Å². The highest BCUT2D eigenvalue weighted by molar-refractivity contribution is 9.10. The number of rotatable bonds is 7. The van der Waals surface area contributed by atoms with Gasteiger partial charge in [-0.15, -0.1) is 0 Å². The Hall–Kier alpha value is -1.24. The molecular formula is C15H19BrFN3O. The van der Waals surface area contributed by atoms with Crippen LogP contribution in [0.2, 0.25) is 0 Å². The van der Waals surface area contributed by atoms with Crippen LogP contribution >= 0.6 is 15.9 Å². The molecule has 0 bridgehead atoms. The van der Waals surface area contributed by atoms with Crippen LogP contribution in [-0.4, -0.2) is 30.0 Å². The summed E-state index contributed by atoms with van der Waals surface area (Å²) < 4.78 is 21.0. The zero-order chi connectivity index (χ0) is 15.2. The lowest BCUT2D eigenvalue weighted by Gasteiger charge is -2.05. The third-order valence-corrected chi connectivity index (χ3v) is 3.96. The highest BCUT2D eigenvalue weighted by Gasteiger charge is 2.07. The van der Waals surface area contributed by atoms with Crippen LogP contribution in [0.25, 0.3) is 0 Å². The van der Waals surface area contributed by atoms with Gasteiger partial charge in [0, 0.05) is 36.4 Å². The average molecular weight is 356 g/mol. The monoisotopic (exact) mass is 355 g/mol. The number of aromatic nitrogens is 2. The largest absolute Gasteiger partial charge is 0.383 e. The van der Waals surface area contributed by atoms with Crippen molar-refractivity contribution in [2.24, 2.45) is 0 Å². The highest BCUT2D eigenvalue weighted by atomic mass is 79.9. The van der Waals surface area contributed by atoms with Crippen molar-refractivity contribution in [1.29, 1.82) is 0 Å². The molecule has 4 nitrogen and oxygen atoms in total. The van der Waals surface area contributed by atoms with E-state index in [1.165, 1.54) is 12.1 Å². The first-order valence-corrected chi connectivity index (χ1v) is 7.56. The molecule has 0 amide bonds. The summed E-state index contributed by atoms with van der Waals surface area (Å²) in [5.74, 6) is -0.237. The molecule has 21 heavy (non-hydrogen) atoms. The second-order valence-corrected chi connectivity index (χ2v) is 5.70. The predicted molar refractivity (Wildman–Crippen MR) is 83.7 cm³/mol. The second kappa shape index (κ2) is 7.68. The standard InChI is InChI=1S/C15H19BrFN3O/c1-11-13(8-18-5-6-21-2)10-20(19-11)9-12-7-14(17)3-4-15(12)16/h3-4,7,10,18H,5-6,8-9H2,1-2H3. The van der Waals surface area contributed by atoms with Crippen LogP contribution in [0.3, 0.4) is 0 Å². The Kier molecular flexibility index (Phi) is 5.90. The predicted octanol–water partition coefficient (Wildman–Crippen LogP) is 2.88. The van der Waals surface area contributed by atoms with Gasteiger partial charge in [-0.25, -0.2) is 4.39 Å². The van der Waals surface area contributed by atoms with Crippen LogP contribution in [0, 0.1) is 12.7 Å². The van der Waals surface area contributed by atoms with Crippen molar-refractivity contribution >= 4 is 15.9 Å². The fourth-order valence-corrected chi connectivity index (χ4v) is 2.42.